The van der Waals surface area contributed by atoms with E-state index >= 15 is 0 Å². The van der Waals surface area contributed by atoms with Crippen molar-refractivity contribution in [3.63, 3.8) is 0 Å². The number of hydrogen-bond donors (Lipinski definition) is 1. The van der Waals surface area contributed by atoms with Gasteiger partial charge in [0.1, 0.15) is 11.1 Å². The lowest BCUT2D eigenvalue weighted by atomic mass is 9.76. The fraction of sp³-hybridized carbons (Fsp3) is 0.800. The summed E-state index contributed by atoms with van der Waals surface area (Å²) in [5.74, 6) is 0. The van der Waals surface area contributed by atoms with Crippen molar-refractivity contribution in [3.05, 3.63) is 15.6 Å². The number of hydrogen-bond acceptors (Lipinski definition) is 4. The van der Waals surface area contributed by atoms with Gasteiger partial charge in [0, 0.05) is 18.0 Å². The molecule has 3 nitrogen and oxygen atoms in total. The van der Waals surface area contributed by atoms with E-state index in [1.807, 2.05) is 11.3 Å². The predicted octanol–water partition coefficient (Wildman–Crippen LogP) is 3.86. The summed E-state index contributed by atoms with van der Waals surface area (Å²) >= 11 is 1.84. The molecular formula is C15H26N2OS. The van der Waals surface area contributed by atoms with Crippen molar-refractivity contribution in [2.75, 3.05) is 14.2 Å². The van der Waals surface area contributed by atoms with Crippen LogP contribution in [-0.4, -0.2) is 19.1 Å². The van der Waals surface area contributed by atoms with Crippen molar-refractivity contribution in [3.8, 4) is 0 Å². The van der Waals surface area contributed by atoms with Crippen molar-refractivity contribution in [1.29, 1.82) is 0 Å². The Bertz CT molecular complexity index is 428. The van der Waals surface area contributed by atoms with E-state index in [0.717, 1.165) is 24.3 Å². The van der Waals surface area contributed by atoms with Gasteiger partial charge in [-0.25, -0.2) is 4.98 Å². The molecule has 0 radical (unpaired) electrons. The first-order valence-corrected chi connectivity index (χ1v) is 8.02. The predicted molar refractivity (Wildman–Crippen MR) is 80.7 cm³/mol. The third-order valence-corrected chi connectivity index (χ3v) is 5.23. The highest BCUT2D eigenvalue weighted by Gasteiger charge is 2.35. The van der Waals surface area contributed by atoms with Crippen LogP contribution in [0.2, 0.25) is 0 Å². The second kappa shape index (κ2) is 5.90. The number of ether oxygens (including phenoxy) is 1. The minimum Gasteiger partial charge on any atom is -0.374 e. The van der Waals surface area contributed by atoms with Gasteiger partial charge in [0.25, 0.3) is 0 Å². The van der Waals surface area contributed by atoms with Crippen LogP contribution in [0.15, 0.2) is 0 Å². The van der Waals surface area contributed by atoms with Crippen molar-refractivity contribution in [2.45, 2.75) is 58.6 Å². The van der Waals surface area contributed by atoms with E-state index in [9.17, 15) is 0 Å². The zero-order valence-electron chi connectivity index (χ0n) is 12.7. The molecule has 1 aromatic heterocycles. The molecule has 4 heteroatoms. The molecule has 1 aliphatic rings. The van der Waals surface area contributed by atoms with E-state index in [2.05, 4.69) is 33.1 Å². The molecule has 0 fully saturated rings. The highest BCUT2D eigenvalue weighted by molar-refractivity contribution is 7.11. The Balaban J connectivity index is 2.30. The van der Waals surface area contributed by atoms with Gasteiger partial charge in [-0.3, -0.25) is 0 Å². The van der Waals surface area contributed by atoms with Crippen LogP contribution in [0.25, 0.3) is 0 Å². The summed E-state index contributed by atoms with van der Waals surface area (Å²) < 4.78 is 5.60. The van der Waals surface area contributed by atoms with E-state index in [4.69, 9.17) is 9.72 Å². The number of aromatic nitrogens is 1. The summed E-state index contributed by atoms with van der Waals surface area (Å²) in [5.41, 5.74) is 1.62. The lowest BCUT2D eigenvalue weighted by Gasteiger charge is -2.34. The molecule has 19 heavy (non-hydrogen) atoms. The second-order valence-electron chi connectivity index (χ2n) is 6.26. The third-order valence-electron chi connectivity index (χ3n) is 3.92. The summed E-state index contributed by atoms with van der Waals surface area (Å²) in [4.78, 5) is 6.31. The maximum absolute atomic E-state index is 5.60. The van der Waals surface area contributed by atoms with Crippen molar-refractivity contribution in [2.24, 2.45) is 5.41 Å². The zero-order valence-corrected chi connectivity index (χ0v) is 13.6. The van der Waals surface area contributed by atoms with E-state index in [1.54, 1.807) is 7.11 Å². The van der Waals surface area contributed by atoms with Crippen LogP contribution < -0.4 is 5.32 Å². The fourth-order valence-electron chi connectivity index (χ4n) is 2.93. The van der Waals surface area contributed by atoms with Gasteiger partial charge >= 0.3 is 0 Å². The molecule has 2 unspecified atom stereocenters. The Morgan fingerprint density at radius 2 is 2.26 bits per heavy atom. The van der Waals surface area contributed by atoms with Gasteiger partial charge in [-0.15, -0.1) is 11.3 Å². The summed E-state index contributed by atoms with van der Waals surface area (Å²) in [6.45, 7) is 6.86. The van der Waals surface area contributed by atoms with Gasteiger partial charge in [-0.05, 0) is 31.7 Å². The molecule has 0 aliphatic heterocycles. The molecule has 2 atom stereocenters. The number of nitrogens with zero attached hydrogens (tertiary/aromatic N) is 1. The van der Waals surface area contributed by atoms with Gasteiger partial charge in [-0.1, -0.05) is 27.2 Å². The van der Waals surface area contributed by atoms with Gasteiger partial charge in [0.15, 0.2) is 0 Å². The Kier molecular flexibility index (Phi) is 4.64. The molecule has 0 aromatic carbocycles. The van der Waals surface area contributed by atoms with Gasteiger partial charge in [-0.2, -0.15) is 0 Å². The van der Waals surface area contributed by atoms with E-state index in [-0.39, 0.29) is 6.10 Å². The molecule has 1 aliphatic carbocycles. The van der Waals surface area contributed by atoms with Crippen LogP contribution in [0.3, 0.4) is 0 Å². The monoisotopic (exact) mass is 282 g/mol. The lowest BCUT2D eigenvalue weighted by molar-refractivity contribution is 0.0945. The van der Waals surface area contributed by atoms with Crippen LogP contribution in [0, 0.1) is 5.41 Å². The standard InChI is InChI=1S/C15H26N2OS/c1-6-7-12(18-5)14-17-11-9-15(2,3)8-10(16-4)13(11)19-14/h10,12,16H,6-9H2,1-5H3. The summed E-state index contributed by atoms with van der Waals surface area (Å²) in [6.07, 6.45) is 4.62. The number of fused-ring (bicyclic) bond motifs is 1. The Hall–Kier alpha value is -0.450. The number of thiazole rings is 1. The van der Waals surface area contributed by atoms with Gasteiger partial charge < -0.3 is 10.1 Å². The summed E-state index contributed by atoms with van der Waals surface area (Å²) in [5, 5.41) is 4.61. The first kappa shape index (κ1) is 14.9. The highest BCUT2D eigenvalue weighted by Crippen LogP contribution is 2.44. The van der Waals surface area contributed by atoms with E-state index < -0.39 is 0 Å². The molecule has 0 saturated heterocycles. The Morgan fingerprint density at radius 3 is 2.84 bits per heavy atom. The van der Waals surface area contributed by atoms with Crippen LogP contribution in [0.4, 0.5) is 0 Å². The van der Waals surface area contributed by atoms with Crippen LogP contribution in [0.1, 0.15) is 67.8 Å². The molecule has 1 N–H and O–H groups in total. The van der Waals surface area contributed by atoms with E-state index in [1.165, 1.54) is 17.0 Å². The number of rotatable bonds is 5. The van der Waals surface area contributed by atoms with Crippen LogP contribution in [0.5, 0.6) is 0 Å². The fourth-order valence-corrected chi connectivity index (χ4v) is 4.23. The van der Waals surface area contributed by atoms with E-state index in [0.29, 0.717) is 11.5 Å². The smallest absolute Gasteiger partial charge is 0.122 e. The number of methoxy groups -OCH3 is 1. The molecular weight excluding hydrogens is 256 g/mol. The first-order chi connectivity index (χ1) is 9.00. The van der Waals surface area contributed by atoms with Crippen molar-refractivity contribution in [1.82, 2.24) is 10.3 Å². The molecule has 0 amide bonds. The Morgan fingerprint density at radius 1 is 1.53 bits per heavy atom. The summed E-state index contributed by atoms with van der Waals surface area (Å²) in [7, 11) is 3.84. The quantitative estimate of drug-likeness (QED) is 0.890. The van der Waals surface area contributed by atoms with Gasteiger partial charge in [0.05, 0.1) is 5.69 Å². The van der Waals surface area contributed by atoms with Crippen molar-refractivity contribution >= 4 is 11.3 Å². The lowest BCUT2D eigenvalue weighted by Crippen LogP contribution is -2.30. The SMILES string of the molecule is CCCC(OC)c1nc2c(s1)C(NC)CC(C)(C)C2. The average Bonchev–Trinajstić information content (AvgIpc) is 2.76. The van der Waals surface area contributed by atoms with Crippen LogP contribution >= 0.6 is 11.3 Å². The minimum absolute atomic E-state index is 0.168. The summed E-state index contributed by atoms with van der Waals surface area (Å²) in [6, 6.07) is 0.448. The molecule has 0 saturated carbocycles. The van der Waals surface area contributed by atoms with Crippen LogP contribution in [-0.2, 0) is 11.2 Å². The molecule has 2 rings (SSSR count). The molecule has 0 bridgehead atoms. The first-order valence-electron chi connectivity index (χ1n) is 7.20. The molecule has 108 valence electrons. The normalized spacial score (nSPS) is 23.1. The minimum atomic E-state index is 0.168. The Labute approximate surface area is 120 Å². The van der Waals surface area contributed by atoms with Crippen molar-refractivity contribution < 1.29 is 4.74 Å². The average molecular weight is 282 g/mol. The second-order valence-corrected chi connectivity index (χ2v) is 7.32. The third kappa shape index (κ3) is 3.18. The van der Waals surface area contributed by atoms with Gasteiger partial charge in [0.2, 0.25) is 0 Å². The molecule has 1 heterocycles. The zero-order chi connectivity index (χ0) is 14.0. The topological polar surface area (TPSA) is 34.1 Å². The number of nitrogens with one attached hydrogen (secondary N) is 1. The molecule has 1 aromatic rings. The highest BCUT2D eigenvalue weighted by atomic mass is 32.1. The largest absolute Gasteiger partial charge is 0.374 e. The maximum atomic E-state index is 5.60. The maximum Gasteiger partial charge on any atom is 0.122 e. The molecule has 0 spiro atoms.